The van der Waals surface area contributed by atoms with Gasteiger partial charge in [-0.15, -0.1) is 12.4 Å². The molecule has 0 saturated heterocycles. The summed E-state index contributed by atoms with van der Waals surface area (Å²) in [6, 6.07) is 3.63. The Labute approximate surface area is 135 Å². The van der Waals surface area contributed by atoms with E-state index < -0.39 is 0 Å². The molecule has 7 heteroatoms. The van der Waals surface area contributed by atoms with E-state index in [1.807, 2.05) is 6.07 Å². The Morgan fingerprint density at radius 1 is 1.43 bits per heavy atom. The van der Waals surface area contributed by atoms with Crippen molar-refractivity contribution < 1.29 is 14.3 Å². The number of ether oxygens (including phenoxy) is 2. The summed E-state index contributed by atoms with van der Waals surface area (Å²) in [5, 5.41) is 3.33. The highest BCUT2D eigenvalue weighted by Crippen LogP contribution is 2.37. The molecular formula is C14H20Cl2N2O3. The number of nitrogens with two attached hydrogens (primary N) is 1. The Morgan fingerprint density at radius 2 is 2.14 bits per heavy atom. The Morgan fingerprint density at radius 3 is 2.86 bits per heavy atom. The summed E-state index contributed by atoms with van der Waals surface area (Å²) in [6.07, 6.45) is 0.824. The standard InChI is InChI=1S/C14H19ClN2O3.ClH/c1-9(7-16)14(18)17-8-10-5-11(15)13-12(6-10)19-3-2-4-20-13;/h5-6,9H,2-4,7-8,16H2,1H3,(H,17,18);1H. The second-order valence-electron chi connectivity index (χ2n) is 4.81. The summed E-state index contributed by atoms with van der Waals surface area (Å²) in [5.74, 6) is 0.933. The van der Waals surface area contributed by atoms with Crippen molar-refractivity contribution in [2.24, 2.45) is 11.7 Å². The molecule has 3 N–H and O–H groups in total. The summed E-state index contributed by atoms with van der Waals surface area (Å²) < 4.78 is 11.2. The van der Waals surface area contributed by atoms with Crippen LogP contribution < -0.4 is 20.5 Å². The Balaban J connectivity index is 0.00000220. The molecule has 5 nitrogen and oxygen atoms in total. The van der Waals surface area contributed by atoms with E-state index >= 15 is 0 Å². The number of rotatable bonds is 4. The molecule has 118 valence electrons. The van der Waals surface area contributed by atoms with Crippen LogP contribution in [0.2, 0.25) is 5.02 Å². The number of nitrogens with one attached hydrogen (secondary N) is 1. The van der Waals surface area contributed by atoms with E-state index in [-0.39, 0.29) is 24.2 Å². The highest BCUT2D eigenvalue weighted by atomic mass is 35.5. The first kappa shape index (κ1) is 17.9. The van der Waals surface area contributed by atoms with E-state index in [9.17, 15) is 4.79 Å². The van der Waals surface area contributed by atoms with Gasteiger partial charge in [-0.05, 0) is 17.7 Å². The maximum Gasteiger partial charge on any atom is 0.224 e. The lowest BCUT2D eigenvalue weighted by Crippen LogP contribution is -2.32. The minimum absolute atomic E-state index is 0. The van der Waals surface area contributed by atoms with Crippen LogP contribution in [-0.4, -0.2) is 25.7 Å². The third kappa shape index (κ3) is 4.66. The van der Waals surface area contributed by atoms with E-state index in [4.69, 9.17) is 26.8 Å². The van der Waals surface area contributed by atoms with E-state index in [0.717, 1.165) is 12.0 Å². The molecule has 1 heterocycles. The Bertz CT molecular complexity index is 497. The Hall–Kier alpha value is -1.17. The number of fused-ring (bicyclic) bond motifs is 1. The summed E-state index contributed by atoms with van der Waals surface area (Å²) in [5.41, 5.74) is 6.33. The van der Waals surface area contributed by atoms with Crippen LogP contribution in [0.25, 0.3) is 0 Å². The highest BCUT2D eigenvalue weighted by molar-refractivity contribution is 6.32. The zero-order valence-corrected chi connectivity index (χ0v) is 13.4. The molecule has 21 heavy (non-hydrogen) atoms. The number of carbonyl (C=O) groups is 1. The largest absolute Gasteiger partial charge is 0.489 e. The monoisotopic (exact) mass is 334 g/mol. The van der Waals surface area contributed by atoms with Crippen molar-refractivity contribution in [2.75, 3.05) is 19.8 Å². The zero-order chi connectivity index (χ0) is 14.5. The number of amides is 1. The lowest BCUT2D eigenvalue weighted by molar-refractivity contribution is -0.124. The second kappa shape index (κ2) is 8.32. The lowest BCUT2D eigenvalue weighted by Gasteiger charge is -2.13. The van der Waals surface area contributed by atoms with Crippen LogP contribution in [0.15, 0.2) is 12.1 Å². The molecule has 0 aromatic heterocycles. The van der Waals surface area contributed by atoms with Gasteiger partial charge in [-0.3, -0.25) is 4.79 Å². The van der Waals surface area contributed by atoms with Gasteiger partial charge < -0.3 is 20.5 Å². The van der Waals surface area contributed by atoms with Gasteiger partial charge in [0.25, 0.3) is 0 Å². The van der Waals surface area contributed by atoms with Crippen molar-refractivity contribution in [3.05, 3.63) is 22.7 Å². The summed E-state index contributed by atoms with van der Waals surface area (Å²) in [4.78, 5) is 11.7. The molecule has 1 aliphatic rings. The second-order valence-corrected chi connectivity index (χ2v) is 5.22. The van der Waals surface area contributed by atoms with Crippen LogP contribution in [0, 0.1) is 5.92 Å². The average Bonchev–Trinajstić information content (AvgIpc) is 2.69. The van der Waals surface area contributed by atoms with Gasteiger partial charge in [0.05, 0.1) is 18.2 Å². The predicted octanol–water partition coefficient (Wildman–Crippen LogP) is 2.13. The van der Waals surface area contributed by atoms with Gasteiger partial charge in [-0.25, -0.2) is 0 Å². The van der Waals surface area contributed by atoms with Crippen LogP contribution in [0.3, 0.4) is 0 Å². The van der Waals surface area contributed by atoms with Crippen LogP contribution >= 0.6 is 24.0 Å². The fourth-order valence-corrected chi connectivity index (χ4v) is 2.14. The molecule has 1 atom stereocenters. The van der Waals surface area contributed by atoms with E-state index in [0.29, 0.717) is 42.8 Å². The van der Waals surface area contributed by atoms with Gasteiger partial charge in [0.15, 0.2) is 11.5 Å². The van der Waals surface area contributed by atoms with Gasteiger partial charge in [-0.2, -0.15) is 0 Å². The van der Waals surface area contributed by atoms with Gasteiger partial charge >= 0.3 is 0 Å². The molecule has 2 rings (SSSR count). The first-order chi connectivity index (χ1) is 9.61. The molecule has 0 aliphatic carbocycles. The summed E-state index contributed by atoms with van der Waals surface area (Å²) in [6.45, 7) is 3.70. The molecule has 0 saturated carbocycles. The van der Waals surface area contributed by atoms with Crippen molar-refractivity contribution in [3.8, 4) is 11.5 Å². The maximum absolute atomic E-state index is 11.7. The quantitative estimate of drug-likeness (QED) is 0.884. The minimum Gasteiger partial charge on any atom is -0.489 e. The van der Waals surface area contributed by atoms with Crippen molar-refractivity contribution in [1.29, 1.82) is 0 Å². The summed E-state index contributed by atoms with van der Waals surface area (Å²) in [7, 11) is 0. The first-order valence-corrected chi connectivity index (χ1v) is 7.05. The molecule has 0 radical (unpaired) electrons. The van der Waals surface area contributed by atoms with Crippen molar-refractivity contribution in [3.63, 3.8) is 0 Å². The lowest BCUT2D eigenvalue weighted by atomic mass is 10.1. The van der Waals surface area contributed by atoms with Crippen LogP contribution in [0.4, 0.5) is 0 Å². The molecule has 1 aromatic rings. The molecule has 0 bridgehead atoms. The van der Waals surface area contributed by atoms with Crippen molar-refractivity contribution >= 4 is 29.9 Å². The van der Waals surface area contributed by atoms with Crippen LogP contribution in [0.5, 0.6) is 11.5 Å². The fourth-order valence-electron chi connectivity index (χ4n) is 1.86. The molecule has 0 fully saturated rings. The van der Waals surface area contributed by atoms with Crippen LogP contribution in [-0.2, 0) is 11.3 Å². The molecular weight excluding hydrogens is 315 g/mol. The zero-order valence-electron chi connectivity index (χ0n) is 11.9. The average molecular weight is 335 g/mol. The number of halogens is 2. The molecule has 0 spiro atoms. The third-order valence-electron chi connectivity index (χ3n) is 3.13. The topological polar surface area (TPSA) is 73.6 Å². The smallest absolute Gasteiger partial charge is 0.224 e. The predicted molar refractivity (Wildman–Crippen MR) is 84.4 cm³/mol. The Kier molecular flexibility index (Phi) is 7.08. The minimum atomic E-state index is -0.203. The number of benzene rings is 1. The fraction of sp³-hybridized carbons (Fsp3) is 0.500. The maximum atomic E-state index is 11.7. The SMILES string of the molecule is CC(CN)C(=O)NCc1cc(Cl)c2c(c1)OCCCO2.Cl. The van der Waals surface area contributed by atoms with Gasteiger partial charge in [0.1, 0.15) is 0 Å². The van der Waals surface area contributed by atoms with Gasteiger partial charge in [0, 0.05) is 25.4 Å². The van der Waals surface area contributed by atoms with E-state index in [1.165, 1.54) is 0 Å². The normalized spacial score (nSPS) is 14.6. The molecule has 1 aromatic carbocycles. The van der Waals surface area contributed by atoms with Crippen LogP contribution in [0.1, 0.15) is 18.9 Å². The van der Waals surface area contributed by atoms with E-state index in [2.05, 4.69) is 5.32 Å². The summed E-state index contributed by atoms with van der Waals surface area (Å²) >= 11 is 6.19. The van der Waals surface area contributed by atoms with Crippen molar-refractivity contribution in [2.45, 2.75) is 19.9 Å². The van der Waals surface area contributed by atoms with E-state index in [1.54, 1.807) is 13.0 Å². The first-order valence-electron chi connectivity index (χ1n) is 6.67. The molecule has 1 unspecified atom stereocenters. The molecule has 1 aliphatic heterocycles. The number of carbonyl (C=O) groups excluding carboxylic acids is 1. The third-order valence-corrected chi connectivity index (χ3v) is 3.41. The number of hydrogen-bond donors (Lipinski definition) is 2. The van der Waals surface area contributed by atoms with Gasteiger partial charge in [0.2, 0.25) is 5.91 Å². The number of hydrogen-bond acceptors (Lipinski definition) is 4. The van der Waals surface area contributed by atoms with Gasteiger partial charge in [-0.1, -0.05) is 18.5 Å². The molecule has 1 amide bonds. The van der Waals surface area contributed by atoms with Crippen molar-refractivity contribution in [1.82, 2.24) is 5.32 Å². The highest BCUT2D eigenvalue weighted by Gasteiger charge is 2.16.